The van der Waals surface area contributed by atoms with Crippen molar-refractivity contribution in [1.82, 2.24) is 15.0 Å². The van der Waals surface area contributed by atoms with Gasteiger partial charge in [0.05, 0.1) is 22.6 Å². The minimum atomic E-state index is 0.695. The Hall–Kier alpha value is -7.47. The third-order valence-electron chi connectivity index (χ3n) is 11.3. The summed E-state index contributed by atoms with van der Waals surface area (Å²) in [4.78, 5) is 15.6. The first-order chi connectivity index (χ1) is 28.7. The molecular weight excluding hydrogens is 727 g/mol. The van der Waals surface area contributed by atoms with Gasteiger partial charge in [-0.15, -0.1) is 11.3 Å². The van der Waals surface area contributed by atoms with Crippen LogP contribution in [0.15, 0.2) is 192 Å². The highest BCUT2D eigenvalue weighted by Crippen LogP contribution is 2.46. The molecular formula is C53H31N3OS. The Morgan fingerprint density at radius 2 is 1.00 bits per heavy atom. The maximum Gasteiger partial charge on any atom is 0.160 e. The Bertz CT molecular complexity index is 3550. The van der Waals surface area contributed by atoms with Gasteiger partial charge in [0.1, 0.15) is 11.2 Å². The zero-order valence-electron chi connectivity index (χ0n) is 31.1. The van der Waals surface area contributed by atoms with Crippen LogP contribution < -0.4 is 0 Å². The van der Waals surface area contributed by atoms with Crippen LogP contribution in [-0.2, 0) is 0 Å². The second kappa shape index (κ2) is 13.1. The van der Waals surface area contributed by atoms with Crippen LogP contribution in [0.4, 0.5) is 0 Å². The van der Waals surface area contributed by atoms with Gasteiger partial charge in [-0.3, -0.25) is 0 Å². The average Bonchev–Trinajstić information content (AvgIpc) is 3.87. The van der Waals surface area contributed by atoms with Crippen molar-refractivity contribution in [2.24, 2.45) is 0 Å². The van der Waals surface area contributed by atoms with E-state index in [-0.39, 0.29) is 0 Å². The lowest BCUT2D eigenvalue weighted by Gasteiger charge is -2.14. The number of furan rings is 1. The molecule has 8 aromatic carbocycles. The predicted octanol–water partition coefficient (Wildman–Crippen LogP) is 14.8. The van der Waals surface area contributed by atoms with Gasteiger partial charge in [0.2, 0.25) is 0 Å². The van der Waals surface area contributed by atoms with Gasteiger partial charge >= 0.3 is 0 Å². The number of benzene rings is 8. The van der Waals surface area contributed by atoms with E-state index in [1.54, 1.807) is 0 Å². The first-order valence-electron chi connectivity index (χ1n) is 19.4. The number of aromatic nitrogens is 3. The molecule has 0 aliphatic rings. The van der Waals surface area contributed by atoms with Gasteiger partial charge in [-0.2, -0.15) is 0 Å². The van der Waals surface area contributed by atoms with E-state index in [2.05, 4.69) is 164 Å². The zero-order valence-corrected chi connectivity index (χ0v) is 31.9. The quantitative estimate of drug-likeness (QED) is 0.164. The van der Waals surface area contributed by atoms with Crippen molar-refractivity contribution < 1.29 is 4.42 Å². The van der Waals surface area contributed by atoms with Crippen LogP contribution in [0.3, 0.4) is 0 Å². The Labute approximate surface area is 337 Å². The van der Waals surface area contributed by atoms with Crippen molar-refractivity contribution in [3.05, 3.63) is 188 Å². The summed E-state index contributed by atoms with van der Waals surface area (Å²) in [5.41, 5.74) is 11.6. The first-order valence-corrected chi connectivity index (χ1v) is 20.2. The third kappa shape index (κ3) is 5.25. The Morgan fingerprint density at radius 1 is 0.379 bits per heavy atom. The summed E-state index contributed by atoms with van der Waals surface area (Å²) in [5, 5.41) is 8.10. The highest BCUT2D eigenvalue weighted by Gasteiger charge is 2.22. The van der Waals surface area contributed by atoms with E-state index in [0.717, 1.165) is 94.1 Å². The molecule has 0 radical (unpaired) electrons. The van der Waals surface area contributed by atoms with Gasteiger partial charge in [0, 0.05) is 74.9 Å². The van der Waals surface area contributed by atoms with Crippen molar-refractivity contribution in [1.29, 1.82) is 0 Å². The van der Waals surface area contributed by atoms with Gasteiger partial charge in [-0.1, -0.05) is 152 Å². The Morgan fingerprint density at radius 3 is 1.81 bits per heavy atom. The van der Waals surface area contributed by atoms with E-state index >= 15 is 0 Å². The van der Waals surface area contributed by atoms with Gasteiger partial charge < -0.3 is 4.42 Å². The van der Waals surface area contributed by atoms with Crippen LogP contribution in [0.2, 0.25) is 0 Å². The topological polar surface area (TPSA) is 51.8 Å². The molecule has 58 heavy (non-hydrogen) atoms. The smallest absolute Gasteiger partial charge is 0.160 e. The fourth-order valence-corrected chi connectivity index (χ4v) is 9.67. The molecule has 12 aromatic rings. The van der Waals surface area contributed by atoms with Crippen LogP contribution in [0, 0.1) is 0 Å². The average molecular weight is 758 g/mol. The van der Waals surface area contributed by atoms with Gasteiger partial charge in [-0.25, -0.2) is 15.0 Å². The molecule has 0 atom stereocenters. The molecule has 0 saturated carbocycles. The molecule has 0 spiro atoms. The van der Waals surface area contributed by atoms with Crippen LogP contribution >= 0.6 is 11.3 Å². The maximum atomic E-state index is 6.79. The van der Waals surface area contributed by atoms with E-state index < -0.39 is 0 Å². The molecule has 0 aliphatic heterocycles. The third-order valence-corrected chi connectivity index (χ3v) is 12.4. The summed E-state index contributed by atoms with van der Waals surface area (Å²) in [5.74, 6) is 0.695. The number of hydrogen-bond acceptors (Lipinski definition) is 5. The number of para-hydroxylation sites is 2. The number of pyridine rings is 1. The SMILES string of the molecule is c1ccc(-c2nc(-c3ccc(-c4cc5c(-c6ccccc6)nc6ccccc6c5c5c4oc4ccccc45)cc3)cc(-c3ccc4c(c3)sc3ccccc34)n2)cc1. The van der Waals surface area contributed by atoms with E-state index in [1.807, 2.05) is 35.6 Å². The Balaban J connectivity index is 1.05. The number of rotatable bonds is 5. The molecule has 0 unspecified atom stereocenters. The molecule has 0 aliphatic carbocycles. The summed E-state index contributed by atoms with van der Waals surface area (Å²) in [6.45, 7) is 0. The lowest BCUT2D eigenvalue weighted by Crippen LogP contribution is -1.96. The standard InChI is InChI=1S/C53H31N3OS/c1-3-13-34(14-4-1)51-42-30-41(52-50(40-19-8-11-21-46(40)57-52)49(42)39-18-7-10-20-43(39)54-51)32-23-25-33(26-24-32)44-31-45(56-53(55-44)35-15-5-2-6-16-35)36-27-28-38-37-17-9-12-22-47(37)58-48(38)29-36/h1-31H. The van der Waals surface area contributed by atoms with Gasteiger partial charge in [0.15, 0.2) is 5.82 Å². The van der Waals surface area contributed by atoms with Crippen LogP contribution in [0.25, 0.3) is 120 Å². The molecule has 0 saturated heterocycles. The molecule has 12 rings (SSSR count). The molecule has 5 heteroatoms. The molecule has 0 bridgehead atoms. The number of fused-ring (bicyclic) bond motifs is 10. The molecule has 0 N–H and O–H groups in total. The first kappa shape index (κ1) is 32.7. The summed E-state index contributed by atoms with van der Waals surface area (Å²) < 4.78 is 9.33. The second-order valence-electron chi connectivity index (χ2n) is 14.7. The zero-order chi connectivity index (χ0) is 38.2. The number of hydrogen-bond donors (Lipinski definition) is 0. The van der Waals surface area contributed by atoms with Gasteiger partial charge in [-0.05, 0) is 42.0 Å². The normalized spacial score (nSPS) is 11.8. The Kier molecular flexibility index (Phi) is 7.37. The molecule has 4 aromatic heterocycles. The highest BCUT2D eigenvalue weighted by atomic mass is 32.1. The second-order valence-corrected chi connectivity index (χ2v) is 15.8. The van der Waals surface area contributed by atoms with Crippen molar-refractivity contribution in [3.63, 3.8) is 0 Å². The predicted molar refractivity (Wildman–Crippen MR) is 242 cm³/mol. The van der Waals surface area contributed by atoms with Crippen molar-refractivity contribution in [2.75, 3.05) is 0 Å². The van der Waals surface area contributed by atoms with E-state index in [1.165, 1.54) is 20.2 Å². The molecule has 270 valence electrons. The minimum absolute atomic E-state index is 0.695. The summed E-state index contributed by atoms with van der Waals surface area (Å²) >= 11 is 1.82. The molecule has 4 nitrogen and oxygen atoms in total. The fourth-order valence-electron chi connectivity index (χ4n) is 8.53. The van der Waals surface area contributed by atoms with Gasteiger partial charge in [0.25, 0.3) is 0 Å². The van der Waals surface area contributed by atoms with Crippen LogP contribution in [0.1, 0.15) is 0 Å². The molecule has 0 fully saturated rings. The fraction of sp³-hybridized carbons (Fsp3) is 0. The van der Waals surface area contributed by atoms with Crippen LogP contribution in [-0.4, -0.2) is 15.0 Å². The summed E-state index contributed by atoms with van der Waals surface area (Å²) in [6.07, 6.45) is 0. The van der Waals surface area contributed by atoms with Crippen molar-refractivity contribution in [3.8, 4) is 56.3 Å². The number of nitrogens with zero attached hydrogens (tertiary/aromatic N) is 3. The summed E-state index contributed by atoms with van der Waals surface area (Å²) in [7, 11) is 0. The lowest BCUT2D eigenvalue weighted by molar-refractivity contribution is 0.670. The molecule has 0 amide bonds. The monoisotopic (exact) mass is 757 g/mol. The van der Waals surface area contributed by atoms with E-state index in [4.69, 9.17) is 19.4 Å². The molecule has 4 heterocycles. The summed E-state index contributed by atoms with van der Waals surface area (Å²) in [6, 6.07) is 65.9. The lowest BCUT2D eigenvalue weighted by atomic mass is 9.91. The largest absolute Gasteiger partial charge is 0.455 e. The van der Waals surface area contributed by atoms with Crippen molar-refractivity contribution in [2.45, 2.75) is 0 Å². The van der Waals surface area contributed by atoms with E-state index in [0.29, 0.717) is 5.82 Å². The maximum absolute atomic E-state index is 6.79. The van der Waals surface area contributed by atoms with Crippen LogP contribution in [0.5, 0.6) is 0 Å². The highest BCUT2D eigenvalue weighted by molar-refractivity contribution is 7.25. The van der Waals surface area contributed by atoms with Crippen molar-refractivity contribution >= 4 is 75.1 Å². The van der Waals surface area contributed by atoms with E-state index in [9.17, 15) is 0 Å². The number of thiophene rings is 1. The minimum Gasteiger partial charge on any atom is -0.455 e.